The summed E-state index contributed by atoms with van der Waals surface area (Å²) in [5.74, 6) is 2.17. The van der Waals surface area contributed by atoms with Crippen LogP contribution < -0.4 is 15.4 Å². The Bertz CT molecular complexity index is 600. The van der Waals surface area contributed by atoms with Gasteiger partial charge in [0.1, 0.15) is 12.3 Å². The first kappa shape index (κ1) is 21.0. The minimum Gasteiger partial charge on any atom is -0.497 e. The van der Waals surface area contributed by atoms with E-state index in [-0.39, 0.29) is 12.5 Å². The van der Waals surface area contributed by atoms with E-state index < -0.39 is 0 Å². The van der Waals surface area contributed by atoms with Crippen LogP contribution in [0.4, 0.5) is 0 Å². The van der Waals surface area contributed by atoms with Crippen molar-refractivity contribution in [2.24, 2.45) is 10.9 Å². The molecule has 2 N–H and O–H groups in total. The Labute approximate surface area is 162 Å². The van der Waals surface area contributed by atoms with Crippen molar-refractivity contribution in [2.45, 2.75) is 26.3 Å². The fourth-order valence-corrected chi connectivity index (χ4v) is 2.46. The molecule has 1 aliphatic rings. The number of nitrogens with one attached hydrogen (secondary N) is 2. The first-order valence-corrected chi connectivity index (χ1v) is 9.59. The number of aliphatic imine (C=N–C) groups is 1. The number of ether oxygens (including phenoxy) is 2. The zero-order valence-corrected chi connectivity index (χ0v) is 16.7. The number of hydrogen-bond acceptors (Lipinski definition) is 4. The number of rotatable bonds is 11. The Kier molecular flexibility index (Phi) is 8.91. The molecule has 0 spiro atoms. The normalized spacial score (nSPS) is 14.0. The maximum absolute atomic E-state index is 12.1. The van der Waals surface area contributed by atoms with Gasteiger partial charge in [-0.25, -0.2) is 4.99 Å². The van der Waals surface area contributed by atoms with E-state index in [1.165, 1.54) is 12.8 Å². The van der Waals surface area contributed by atoms with Crippen molar-refractivity contribution >= 4 is 11.9 Å². The molecule has 1 saturated carbocycles. The summed E-state index contributed by atoms with van der Waals surface area (Å²) >= 11 is 0. The van der Waals surface area contributed by atoms with E-state index >= 15 is 0 Å². The molecule has 1 amide bonds. The summed E-state index contributed by atoms with van der Waals surface area (Å²) in [5, 5.41) is 6.10. The summed E-state index contributed by atoms with van der Waals surface area (Å²) in [6.07, 6.45) is 2.59. The molecule has 7 nitrogen and oxygen atoms in total. The molecule has 150 valence electrons. The molecule has 1 fully saturated rings. The SMILES string of the molecule is CCNC(=NCC(=O)NCc1ccc(OC)cc1)N(C)CCOCC1CC1. The Morgan fingerprint density at radius 2 is 2.00 bits per heavy atom. The van der Waals surface area contributed by atoms with Crippen LogP contribution in [-0.4, -0.2) is 63.8 Å². The van der Waals surface area contributed by atoms with Gasteiger partial charge in [-0.3, -0.25) is 4.79 Å². The molecule has 1 aromatic rings. The second-order valence-corrected chi connectivity index (χ2v) is 6.73. The minimum absolute atomic E-state index is 0.0890. The van der Waals surface area contributed by atoms with Crippen LogP contribution in [0.2, 0.25) is 0 Å². The molecule has 1 aliphatic carbocycles. The standard InChI is InChI=1S/C20H32N4O3/c1-4-21-20(24(2)11-12-27-15-17-5-6-17)23-14-19(25)22-13-16-7-9-18(26-3)10-8-16/h7-10,17H,4-6,11-15H2,1-3H3,(H,21,23)(H,22,25). The zero-order valence-electron chi connectivity index (χ0n) is 16.7. The van der Waals surface area contributed by atoms with E-state index in [0.717, 1.165) is 36.9 Å². The Balaban J connectivity index is 1.72. The summed E-state index contributed by atoms with van der Waals surface area (Å²) in [6, 6.07) is 7.62. The monoisotopic (exact) mass is 376 g/mol. The number of methoxy groups -OCH3 is 1. The lowest BCUT2D eigenvalue weighted by atomic mass is 10.2. The van der Waals surface area contributed by atoms with Crippen LogP contribution in [-0.2, 0) is 16.1 Å². The number of carbonyl (C=O) groups is 1. The maximum atomic E-state index is 12.1. The van der Waals surface area contributed by atoms with Gasteiger partial charge in [0.05, 0.1) is 13.7 Å². The van der Waals surface area contributed by atoms with Crippen molar-refractivity contribution < 1.29 is 14.3 Å². The topological polar surface area (TPSA) is 75.2 Å². The summed E-state index contributed by atoms with van der Waals surface area (Å²) < 4.78 is 10.8. The molecule has 0 bridgehead atoms. The minimum atomic E-state index is -0.111. The van der Waals surface area contributed by atoms with Crippen molar-refractivity contribution in [2.75, 3.05) is 47.0 Å². The van der Waals surface area contributed by atoms with Crippen molar-refractivity contribution in [1.82, 2.24) is 15.5 Å². The highest BCUT2D eigenvalue weighted by atomic mass is 16.5. The predicted molar refractivity (Wildman–Crippen MR) is 107 cm³/mol. The fraction of sp³-hybridized carbons (Fsp3) is 0.600. The van der Waals surface area contributed by atoms with E-state index in [0.29, 0.717) is 19.1 Å². The summed E-state index contributed by atoms with van der Waals surface area (Å²) in [6.45, 7) is 5.59. The van der Waals surface area contributed by atoms with Gasteiger partial charge >= 0.3 is 0 Å². The molecule has 7 heteroatoms. The van der Waals surface area contributed by atoms with Crippen molar-refractivity contribution in [3.05, 3.63) is 29.8 Å². The van der Waals surface area contributed by atoms with Crippen LogP contribution in [0.25, 0.3) is 0 Å². The first-order chi connectivity index (χ1) is 13.1. The number of benzene rings is 1. The summed E-state index contributed by atoms with van der Waals surface area (Å²) in [5.41, 5.74) is 1.02. The highest BCUT2D eigenvalue weighted by Gasteiger charge is 2.21. The molecule has 0 heterocycles. The smallest absolute Gasteiger partial charge is 0.242 e. The third kappa shape index (κ3) is 8.30. The van der Waals surface area contributed by atoms with Crippen LogP contribution in [0.1, 0.15) is 25.3 Å². The second kappa shape index (κ2) is 11.4. The molecule has 0 aliphatic heterocycles. The quantitative estimate of drug-likeness (QED) is 0.349. The molecule has 0 aromatic heterocycles. The number of carbonyl (C=O) groups excluding carboxylic acids is 1. The van der Waals surface area contributed by atoms with Gasteiger partial charge in [-0.05, 0) is 43.4 Å². The highest BCUT2D eigenvalue weighted by Crippen LogP contribution is 2.28. The molecule has 27 heavy (non-hydrogen) atoms. The lowest BCUT2D eigenvalue weighted by Crippen LogP contribution is -2.41. The van der Waals surface area contributed by atoms with E-state index in [2.05, 4.69) is 15.6 Å². The lowest BCUT2D eigenvalue weighted by Gasteiger charge is -2.22. The largest absolute Gasteiger partial charge is 0.497 e. The van der Waals surface area contributed by atoms with Crippen LogP contribution >= 0.6 is 0 Å². The van der Waals surface area contributed by atoms with Gasteiger partial charge in [0.2, 0.25) is 5.91 Å². The molecule has 0 unspecified atom stereocenters. The number of amides is 1. The highest BCUT2D eigenvalue weighted by molar-refractivity contribution is 5.84. The van der Waals surface area contributed by atoms with Gasteiger partial charge in [-0.15, -0.1) is 0 Å². The van der Waals surface area contributed by atoms with Crippen molar-refractivity contribution in [3.63, 3.8) is 0 Å². The number of hydrogen-bond donors (Lipinski definition) is 2. The van der Waals surface area contributed by atoms with E-state index in [4.69, 9.17) is 9.47 Å². The third-order valence-corrected chi connectivity index (χ3v) is 4.34. The van der Waals surface area contributed by atoms with E-state index in [1.807, 2.05) is 43.1 Å². The van der Waals surface area contributed by atoms with Gasteiger partial charge in [-0.2, -0.15) is 0 Å². The molecular weight excluding hydrogens is 344 g/mol. The molecule has 1 aromatic carbocycles. The van der Waals surface area contributed by atoms with Crippen molar-refractivity contribution in [3.8, 4) is 5.75 Å². The number of nitrogens with zero attached hydrogens (tertiary/aromatic N) is 2. The van der Waals surface area contributed by atoms with E-state index in [1.54, 1.807) is 7.11 Å². The fourth-order valence-electron chi connectivity index (χ4n) is 2.46. The van der Waals surface area contributed by atoms with Crippen molar-refractivity contribution in [1.29, 1.82) is 0 Å². The predicted octanol–water partition coefficient (Wildman–Crippen LogP) is 1.64. The molecule has 2 rings (SSSR count). The zero-order chi connectivity index (χ0) is 19.5. The van der Waals surface area contributed by atoms with Crippen LogP contribution in [0.5, 0.6) is 5.75 Å². The average Bonchev–Trinajstić information content (AvgIpc) is 3.51. The number of likely N-dealkylation sites (N-methyl/N-ethyl adjacent to an activating group) is 1. The van der Waals surface area contributed by atoms with Gasteiger partial charge in [0.15, 0.2) is 5.96 Å². The van der Waals surface area contributed by atoms with E-state index in [9.17, 15) is 4.79 Å². The average molecular weight is 377 g/mol. The number of guanidine groups is 1. The van der Waals surface area contributed by atoms with Gasteiger partial charge < -0.3 is 25.0 Å². The molecule has 0 radical (unpaired) electrons. The van der Waals surface area contributed by atoms with Gasteiger partial charge in [0, 0.05) is 33.3 Å². The second-order valence-electron chi connectivity index (χ2n) is 6.73. The Morgan fingerprint density at radius 1 is 1.26 bits per heavy atom. The lowest BCUT2D eigenvalue weighted by molar-refractivity contribution is -0.119. The van der Waals surface area contributed by atoms with Gasteiger partial charge in [-0.1, -0.05) is 12.1 Å². The Morgan fingerprint density at radius 3 is 2.63 bits per heavy atom. The molecule has 0 atom stereocenters. The third-order valence-electron chi connectivity index (χ3n) is 4.34. The maximum Gasteiger partial charge on any atom is 0.242 e. The van der Waals surface area contributed by atoms with Crippen LogP contribution in [0.15, 0.2) is 29.3 Å². The summed E-state index contributed by atoms with van der Waals surface area (Å²) in [4.78, 5) is 18.5. The first-order valence-electron chi connectivity index (χ1n) is 9.59. The van der Waals surface area contributed by atoms with Crippen LogP contribution in [0, 0.1) is 5.92 Å². The molecular formula is C20H32N4O3. The van der Waals surface area contributed by atoms with Crippen LogP contribution in [0.3, 0.4) is 0 Å². The van der Waals surface area contributed by atoms with Gasteiger partial charge in [0.25, 0.3) is 0 Å². The molecule has 0 saturated heterocycles. The Hall–Kier alpha value is -2.28. The summed E-state index contributed by atoms with van der Waals surface area (Å²) in [7, 11) is 3.59.